The molecule has 1 aliphatic heterocycles. The topological polar surface area (TPSA) is 70.8 Å². The summed E-state index contributed by atoms with van der Waals surface area (Å²) in [5, 5.41) is 0. The van der Waals surface area contributed by atoms with Gasteiger partial charge in [0.15, 0.2) is 5.76 Å². The van der Waals surface area contributed by atoms with Crippen molar-refractivity contribution in [1.82, 2.24) is 9.21 Å². The molecule has 0 N–H and O–H groups in total. The molecule has 0 atom stereocenters. The average molecular weight is 446 g/mol. The number of rotatable bonds is 3. The number of halogens is 1. The Bertz CT molecular complexity index is 779. The van der Waals surface area contributed by atoms with E-state index in [1.807, 2.05) is 0 Å². The van der Waals surface area contributed by atoms with Gasteiger partial charge < -0.3 is 9.32 Å². The zero-order valence-corrected chi connectivity index (χ0v) is 15.2. The first-order valence-electron chi connectivity index (χ1n) is 7.07. The Morgan fingerprint density at radius 2 is 1.70 bits per heavy atom. The van der Waals surface area contributed by atoms with Crippen molar-refractivity contribution >= 4 is 38.5 Å². The van der Waals surface area contributed by atoms with E-state index in [-0.39, 0.29) is 29.7 Å². The number of carbonyl (C=O) groups excluding carboxylic acids is 1. The van der Waals surface area contributed by atoms with Crippen LogP contribution in [0.4, 0.5) is 0 Å². The van der Waals surface area contributed by atoms with Crippen molar-refractivity contribution in [2.75, 3.05) is 26.2 Å². The molecule has 23 heavy (non-hydrogen) atoms. The highest BCUT2D eigenvalue weighted by molar-refractivity contribution is 14.1. The predicted molar refractivity (Wildman–Crippen MR) is 92.5 cm³/mol. The lowest BCUT2D eigenvalue weighted by Gasteiger charge is -2.33. The van der Waals surface area contributed by atoms with Crippen LogP contribution in [0, 0.1) is 3.57 Å². The minimum atomic E-state index is -3.51. The first-order valence-corrected chi connectivity index (χ1v) is 9.59. The van der Waals surface area contributed by atoms with Gasteiger partial charge in [-0.2, -0.15) is 4.31 Å². The Morgan fingerprint density at radius 1 is 1.04 bits per heavy atom. The largest absolute Gasteiger partial charge is 0.459 e. The second-order valence-corrected chi connectivity index (χ2v) is 8.31. The molecule has 1 saturated heterocycles. The van der Waals surface area contributed by atoms with Crippen LogP contribution in [0.25, 0.3) is 0 Å². The highest BCUT2D eigenvalue weighted by atomic mass is 127. The van der Waals surface area contributed by atoms with Crippen molar-refractivity contribution < 1.29 is 17.6 Å². The Kier molecular flexibility index (Phi) is 4.74. The number of benzene rings is 1. The molecule has 1 aromatic heterocycles. The third-order valence-corrected chi connectivity index (χ3v) is 6.34. The smallest absolute Gasteiger partial charge is 0.289 e. The summed E-state index contributed by atoms with van der Waals surface area (Å²) in [5.41, 5.74) is 0. The van der Waals surface area contributed by atoms with Gasteiger partial charge in [-0.15, -0.1) is 0 Å². The monoisotopic (exact) mass is 446 g/mol. The summed E-state index contributed by atoms with van der Waals surface area (Å²) < 4.78 is 32.7. The molecule has 3 rings (SSSR count). The van der Waals surface area contributed by atoms with Gasteiger partial charge in [0.2, 0.25) is 10.0 Å². The molecule has 0 saturated carbocycles. The first kappa shape index (κ1) is 16.5. The second-order valence-electron chi connectivity index (χ2n) is 5.13. The molecule has 0 bridgehead atoms. The summed E-state index contributed by atoms with van der Waals surface area (Å²) in [4.78, 5) is 14.1. The van der Waals surface area contributed by atoms with Gasteiger partial charge in [0.05, 0.1) is 11.2 Å². The van der Waals surface area contributed by atoms with Crippen molar-refractivity contribution in [2.24, 2.45) is 0 Å². The fourth-order valence-corrected chi connectivity index (χ4v) is 4.23. The number of carbonyl (C=O) groups is 1. The maximum Gasteiger partial charge on any atom is 0.289 e. The van der Waals surface area contributed by atoms with Crippen LogP contribution in [0.3, 0.4) is 0 Å². The third-order valence-electron chi connectivity index (χ3n) is 3.71. The van der Waals surface area contributed by atoms with Crippen LogP contribution in [0.15, 0.2) is 52.0 Å². The van der Waals surface area contributed by atoms with Gasteiger partial charge in [-0.1, -0.05) is 0 Å². The van der Waals surface area contributed by atoms with Crippen LogP contribution in [0.5, 0.6) is 0 Å². The van der Waals surface area contributed by atoms with Crippen LogP contribution in [-0.2, 0) is 10.0 Å². The molecule has 1 aliphatic rings. The van der Waals surface area contributed by atoms with Crippen LogP contribution in [-0.4, -0.2) is 49.7 Å². The maximum absolute atomic E-state index is 12.6. The van der Waals surface area contributed by atoms with Gasteiger partial charge in [-0.25, -0.2) is 8.42 Å². The number of furan rings is 1. The van der Waals surface area contributed by atoms with E-state index in [0.717, 1.165) is 3.57 Å². The summed E-state index contributed by atoms with van der Waals surface area (Å²) in [7, 11) is -3.51. The molecule has 6 nitrogen and oxygen atoms in total. The third kappa shape index (κ3) is 3.43. The lowest BCUT2D eigenvalue weighted by molar-refractivity contribution is 0.0666. The molecule has 0 unspecified atom stereocenters. The molecule has 0 radical (unpaired) electrons. The Hall–Kier alpha value is -1.39. The Morgan fingerprint density at radius 3 is 2.26 bits per heavy atom. The van der Waals surface area contributed by atoms with Crippen molar-refractivity contribution in [3.05, 3.63) is 52.0 Å². The van der Waals surface area contributed by atoms with Gasteiger partial charge >= 0.3 is 0 Å². The lowest BCUT2D eigenvalue weighted by Crippen LogP contribution is -2.50. The van der Waals surface area contributed by atoms with E-state index in [1.54, 1.807) is 41.3 Å². The summed E-state index contributed by atoms with van der Waals surface area (Å²) in [6.45, 7) is 1.26. The average Bonchev–Trinajstić information content (AvgIpc) is 3.09. The van der Waals surface area contributed by atoms with E-state index in [9.17, 15) is 13.2 Å². The van der Waals surface area contributed by atoms with E-state index in [2.05, 4.69) is 22.6 Å². The summed E-state index contributed by atoms with van der Waals surface area (Å²) in [5.74, 6) is 0.0697. The van der Waals surface area contributed by atoms with Gasteiger partial charge in [-0.05, 0) is 59.0 Å². The Balaban J connectivity index is 1.69. The van der Waals surface area contributed by atoms with Crippen LogP contribution >= 0.6 is 22.6 Å². The number of amides is 1. The van der Waals surface area contributed by atoms with Crippen LogP contribution in [0.1, 0.15) is 10.6 Å². The highest BCUT2D eigenvalue weighted by Crippen LogP contribution is 2.19. The predicted octanol–water partition coefficient (Wildman–Crippen LogP) is 2.03. The van der Waals surface area contributed by atoms with Crippen molar-refractivity contribution in [3.63, 3.8) is 0 Å². The van der Waals surface area contributed by atoms with Gasteiger partial charge in [0.1, 0.15) is 0 Å². The fourth-order valence-electron chi connectivity index (χ4n) is 2.44. The van der Waals surface area contributed by atoms with Crippen molar-refractivity contribution in [1.29, 1.82) is 0 Å². The molecule has 2 aromatic rings. The molecular formula is C15H15IN2O4S. The first-order chi connectivity index (χ1) is 11.0. The summed E-state index contributed by atoms with van der Waals surface area (Å²) in [6.07, 6.45) is 1.45. The number of hydrogen-bond acceptors (Lipinski definition) is 4. The fraction of sp³-hybridized carbons (Fsp3) is 0.267. The van der Waals surface area contributed by atoms with E-state index in [1.165, 1.54) is 10.6 Å². The molecule has 1 aromatic carbocycles. The zero-order chi connectivity index (χ0) is 16.4. The molecule has 2 heterocycles. The van der Waals surface area contributed by atoms with Gasteiger partial charge in [-0.3, -0.25) is 4.79 Å². The highest BCUT2D eigenvalue weighted by Gasteiger charge is 2.30. The van der Waals surface area contributed by atoms with Crippen LogP contribution < -0.4 is 0 Å². The Labute approximate surface area is 148 Å². The van der Waals surface area contributed by atoms with Gasteiger partial charge in [0, 0.05) is 29.7 Å². The van der Waals surface area contributed by atoms with E-state index >= 15 is 0 Å². The quantitative estimate of drug-likeness (QED) is 0.677. The van der Waals surface area contributed by atoms with E-state index in [0.29, 0.717) is 13.1 Å². The van der Waals surface area contributed by atoms with Crippen molar-refractivity contribution in [2.45, 2.75) is 4.90 Å². The standard InChI is InChI=1S/C15H15IN2O4S/c16-12-3-5-13(6-4-12)23(20,21)18-9-7-17(8-10-18)15(19)14-2-1-11-22-14/h1-6,11H,7-10H2. The van der Waals surface area contributed by atoms with E-state index in [4.69, 9.17) is 4.42 Å². The number of nitrogens with zero attached hydrogens (tertiary/aromatic N) is 2. The van der Waals surface area contributed by atoms with E-state index < -0.39 is 10.0 Å². The molecule has 0 spiro atoms. The second kappa shape index (κ2) is 6.62. The van der Waals surface area contributed by atoms with Crippen molar-refractivity contribution in [3.8, 4) is 0 Å². The van der Waals surface area contributed by atoms with Crippen LogP contribution in [0.2, 0.25) is 0 Å². The molecule has 1 amide bonds. The minimum absolute atomic E-state index is 0.207. The minimum Gasteiger partial charge on any atom is -0.459 e. The SMILES string of the molecule is O=C(c1ccco1)N1CCN(S(=O)(=O)c2ccc(I)cc2)CC1. The molecular weight excluding hydrogens is 431 g/mol. The number of piperazine rings is 1. The van der Waals surface area contributed by atoms with Gasteiger partial charge in [0.25, 0.3) is 5.91 Å². The summed E-state index contributed by atoms with van der Waals surface area (Å²) >= 11 is 2.13. The lowest BCUT2D eigenvalue weighted by atomic mass is 10.3. The normalized spacial score (nSPS) is 16.5. The molecule has 0 aliphatic carbocycles. The maximum atomic E-state index is 12.6. The molecule has 122 valence electrons. The number of hydrogen-bond donors (Lipinski definition) is 0. The zero-order valence-electron chi connectivity index (χ0n) is 12.2. The molecule has 8 heteroatoms. The molecule has 1 fully saturated rings. The number of sulfonamides is 1. The summed E-state index contributed by atoms with van der Waals surface area (Å²) in [6, 6.07) is 10.0.